The van der Waals surface area contributed by atoms with E-state index in [4.69, 9.17) is 40.9 Å². The minimum Gasteiger partial charge on any atom is -0.394 e. The third-order valence-electron chi connectivity index (χ3n) is 2.40. The predicted molar refractivity (Wildman–Crippen MR) is 66.9 cm³/mol. The minimum absolute atomic E-state index is 0.0869. The number of hydrogen-bond donors (Lipinski definition) is 8. The smallest absolute Gasteiger partial charge is 0.151 e. The Balaban J connectivity index is 0. The summed E-state index contributed by atoms with van der Waals surface area (Å²) in [6.45, 7) is 0.553. The van der Waals surface area contributed by atoms with Gasteiger partial charge >= 0.3 is 0 Å². The van der Waals surface area contributed by atoms with E-state index in [1.807, 2.05) is 0 Å². The topological polar surface area (TPSA) is 196 Å². The molecule has 0 aliphatic carbocycles. The molecule has 0 aliphatic rings. The maximum Gasteiger partial charge on any atom is 0.151 e. The average molecular weight is 314 g/mol. The number of carbonyl (C=O) groups is 2. The molecule has 0 heterocycles. The Labute approximate surface area is 120 Å². The lowest BCUT2D eigenvalue weighted by atomic mass is 10.1. The molecule has 7 atom stereocenters. The van der Waals surface area contributed by atoms with Gasteiger partial charge in [-0.3, -0.25) is 0 Å². The van der Waals surface area contributed by atoms with Gasteiger partial charge in [0.1, 0.15) is 36.6 Å². The first-order chi connectivity index (χ1) is 9.63. The molecule has 0 aromatic rings. The van der Waals surface area contributed by atoms with E-state index in [-0.39, 0.29) is 12.6 Å². The second-order valence-electron chi connectivity index (χ2n) is 4.22. The Morgan fingerprint density at radius 2 is 1.14 bits per heavy atom. The highest BCUT2D eigenvalue weighted by Crippen LogP contribution is 2.02. The summed E-state index contributed by atoms with van der Waals surface area (Å²) < 4.78 is 0. The van der Waals surface area contributed by atoms with E-state index >= 15 is 0 Å². The van der Waals surface area contributed by atoms with Gasteiger partial charge in [0.05, 0.1) is 12.7 Å². The van der Waals surface area contributed by atoms with Crippen molar-refractivity contribution in [2.75, 3.05) is 6.61 Å². The summed E-state index contributed by atoms with van der Waals surface area (Å²) in [6, 6.07) is 0. The lowest BCUT2D eigenvalue weighted by Gasteiger charge is -2.21. The van der Waals surface area contributed by atoms with Gasteiger partial charge in [-0.2, -0.15) is 0 Å². The van der Waals surface area contributed by atoms with Crippen molar-refractivity contribution < 1.29 is 50.4 Å². The van der Waals surface area contributed by atoms with Gasteiger partial charge in [0.25, 0.3) is 0 Å². The molecule has 10 heteroatoms. The van der Waals surface area contributed by atoms with E-state index < -0.39 is 49.3 Å². The summed E-state index contributed by atoms with van der Waals surface area (Å²) in [4.78, 5) is 19.6. The first kappa shape index (κ1) is 22.3. The molecule has 0 saturated heterocycles. The SMILES string of the molecule is C[C@H](O)[C@H](O)[C@@H](O)[C@@H](O)C=O.O=C[C@H](O)[C@@H](O)[C@@H](O)CO. The lowest BCUT2D eigenvalue weighted by molar-refractivity contribution is -0.132. The third kappa shape index (κ3) is 8.80. The quantitative estimate of drug-likeness (QED) is 0.201. The van der Waals surface area contributed by atoms with Crippen molar-refractivity contribution in [2.24, 2.45) is 0 Å². The number of aliphatic hydroxyl groups excluding tert-OH is 8. The van der Waals surface area contributed by atoms with Crippen LogP contribution in [0.3, 0.4) is 0 Å². The van der Waals surface area contributed by atoms with E-state index in [1.165, 1.54) is 6.92 Å². The molecule has 0 aromatic carbocycles. The molecule has 10 nitrogen and oxygen atoms in total. The monoisotopic (exact) mass is 314 g/mol. The molecule has 0 aliphatic heterocycles. The first-order valence-electron chi connectivity index (χ1n) is 5.91. The molecule has 21 heavy (non-hydrogen) atoms. The maximum absolute atomic E-state index is 9.87. The van der Waals surface area contributed by atoms with Crippen LogP contribution in [-0.2, 0) is 9.59 Å². The largest absolute Gasteiger partial charge is 0.394 e. The number of aldehydes is 2. The molecule has 0 rings (SSSR count). The molecule has 126 valence electrons. The Morgan fingerprint density at radius 3 is 1.43 bits per heavy atom. The number of carbonyl (C=O) groups excluding carboxylic acids is 2. The van der Waals surface area contributed by atoms with Gasteiger partial charge < -0.3 is 50.4 Å². The van der Waals surface area contributed by atoms with E-state index in [0.29, 0.717) is 0 Å². The second-order valence-corrected chi connectivity index (χ2v) is 4.22. The van der Waals surface area contributed by atoms with Crippen LogP contribution in [0.1, 0.15) is 6.92 Å². The molecule has 0 aromatic heterocycles. The molecule has 0 fully saturated rings. The molecule has 0 spiro atoms. The summed E-state index contributed by atoms with van der Waals surface area (Å²) in [7, 11) is 0. The molecule has 0 amide bonds. The van der Waals surface area contributed by atoms with E-state index in [2.05, 4.69) is 0 Å². The fourth-order valence-corrected chi connectivity index (χ4v) is 0.984. The zero-order chi connectivity index (χ0) is 17.2. The van der Waals surface area contributed by atoms with Crippen molar-refractivity contribution in [1.29, 1.82) is 0 Å². The molecule has 8 N–H and O–H groups in total. The van der Waals surface area contributed by atoms with Crippen molar-refractivity contribution >= 4 is 12.6 Å². The highest BCUT2D eigenvalue weighted by Gasteiger charge is 2.27. The highest BCUT2D eigenvalue weighted by molar-refractivity contribution is 5.57. The van der Waals surface area contributed by atoms with Gasteiger partial charge in [-0.25, -0.2) is 0 Å². The van der Waals surface area contributed by atoms with Crippen LogP contribution in [0.2, 0.25) is 0 Å². The third-order valence-corrected chi connectivity index (χ3v) is 2.40. The molecule has 0 saturated carbocycles. The van der Waals surface area contributed by atoms with Crippen LogP contribution in [0.25, 0.3) is 0 Å². The van der Waals surface area contributed by atoms with Crippen LogP contribution in [0.4, 0.5) is 0 Å². The van der Waals surface area contributed by atoms with E-state index in [1.54, 1.807) is 0 Å². The summed E-state index contributed by atoms with van der Waals surface area (Å²) >= 11 is 0. The van der Waals surface area contributed by atoms with Gasteiger partial charge in [0.2, 0.25) is 0 Å². The normalized spacial score (nSPS) is 20.8. The number of aliphatic hydroxyl groups is 8. The standard InChI is InChI=1S/C6H12O5.C5H10O5/c1-3(8)5(10)6(11)4(9)2-7;6-1-3(8)5(10)4(9)2-7/h2-6,8-11H,1H3;1,3-5,7-10H,2H2/t3-,4-,5-,6-;3-,4-,5+/m00/s1. The molecular weight excluding hydrogens is 292 g/mol. The van der Waals surface area contributed by atoms with Crippen LogP contribution in [0, 0.1) is 0 Å². The number of rotatable bonds is 8. The minimum atomic E-state index is -1.65. The summed E-state index contributed by atoms with van der Waals surface area (Å²) in [5.74, 6) is 0. The summed E-state index contributed by atoms with van der Waals surface area (Å²) in [5, 5.41) is 69.2. The fourth-order valence-electron chi connectivity index (χ4n) is 0.984. The van der Waals surface area contributed by atoms with Crippen LogP contribution in [0.5, 0.6) is 0 Å². The van der Waals surface area contributed by atoms with Crippen LogP contribution < -0.4 is 0 Å². The molecule has 0 bridgehead atoms. The summed E-state index contributed by atoms with van der Waals surface area (Å²) in [5.41, 5.74) is 0. The fraction of sp³-hybridized carbons (Fsp3) is 0.818. The van der Waals surface area contributed by atoms with Crippen LogP contribution in [-0.4, -0.2) is 103 Å². The van der Waals surface area contributed by atoms with Gasteiger partial charge in [0, 0.05) is 0 Å². The van der Waals surface area contributed by atoms with Crippen LogP contribution in [0.15, 0.2) is 0 Å². The lowest BCUT2D eigenvalue weighted by Crippen LogP contribution is -2.43. The zero-order valence-corrected chi connectivity index (χ0v) is 11.3. The van der Waals surface area contributed by atoms with Gasteiger partial charge in [0.15, 0.2) is 12.6 Å². The van der Waals surface area contributed by atoms with Gasteiger partial charge in [-0.05, 0) is 6.92 Å². The van der Waals surface area contributed by atoms with E-state index in [9.17, 15) is 9.59 Å². The van der Waals surface area contributed by atoms with Crippen molar-refractivity contribution in [2.45, 2.75) is 49.7 Å². The van der Waals surface area contributed by atoms with Gasteiger partial charge in [-0.1, -0.05) is 0 Å². The van der Waals surface area contributed by atoms with Crippen molar-refractivity contribution in [1.82, 2.24) is 0 Å². The molecular formula is C11H22O10. The van der Waals surface area contributed by atoms with Crippen LogP contribution >= 0.6 is 0 Å². The van der Waals surface area contributed by atoms with Crippen molar-refractivity contribution in [3.63, 3.8) is 0 Å². The average Bonchev–Trinajstić information content (AvgIpc) is 2.50. The van der Waals surface area contributed by atoms with Gasteiger partial charge in [-0.15, -0.1) is 0 Å². The highest BCUT2D eigenvalue weighted by atomic mass is 16.4. The summed E-state index contributed by atoms with van der Waals surface area (Å²) in [6.07, 6.45) is -10.5. The van der Waals surface area contributed by atoms with Crippen molar-refractivity contribution in [3.8, 4) is 0 Å². The zero-order valence-electron chi connectivity index (χ0n) is 11.3. The Kier molecular flexibility index (Phi) is 12.4. The predicted octanol–water partition coefficient (Wildman–Crippen LogP) is -5.09. The molecule has 0 unspecified atom stereocenters. The Bertz CT molecular complexity index is 284. The maximum atomic E-state index is 9.87. The Morgan fingerprint density at radius 1 is 0.762 bits per heavy atom. The first-order valence-corrected chi connectivity index (χ1v) is 5.91. The Hall–Kier alpha value is -0.980. The van der Waals surface area contributed by atoms with Crippen molar-refractivity contribution in [3.05, 3.63) is 0 Å². The second kappa shape index (κ2) is 11.7. The molecule has 0 radical (unpaired) electrons. The number of hydrogen-bond acceptors (Lipinski definition) is 10. The van der Waals surface area contributed by atoms with E-state index in [0.717, 1.165) is 0 Å².